The van der Waals surface area contributed by atoms with Gasteiger partial charge in [0.1, 0.15) is 0 Å². The van der Waals surface area contributed by atoms with Gasteiger partial charge in [-0.15, -0.1) is 23.7 Å². The van der Waals surface area contributed by atoms with E-state index in [1.165, 1.54) is 11.3 Å². The van der Waals surface area contributed by atoms with Gasteiger partial charge >= 0.3 is 0 Å². The summed E-state index contributed by atoms with van der Waals surface area (Å²) in [5, 5.41) is 4.71. The lowest BCUT2D eigenvalue weighted by Crippen LogP contribution is -2.49. The lowest BCUT2D eigenvalue weighted by atomic mass is 9.94. The van der Waals surface area contributed by atoms with Crippen LogP contribution in [0.15, 0.2) is 15.2 Å². The van der Waals surface area contributed by atoms with E-state index in [1.807, 2.05) is 25.3 Å². The van der Waals surface area contributed by atoms with Crippen LogP contribution in [-0.2, 0) is 0 Å². The lowest BCUT2D eigenvalue weighted by molar-refractivity contribution is 0.0942. The monoisotopic (exact) mass is 340 g/mol. The minimum atomic E-state index is -0.289. The first-order valence-electron chi connectivity index (χ1n) is 5.32. The highest BCUT2D eigenvalue weighted by Gasteiger charge is 2.21. The van der Waals surface area contributed by atoms with Crippen LogP contribution in [0.3, 0.4) is 0 Å². The molecule has 0 aliphatic heterocycles. The van der Waals surface area contributed by atoms with Crippen molar-refractivity contribution in [2.24, 2.45) is 5.73 Å². The highest BCUT2D eigenvalue weighted by atomic mass is 79.9. The Morgan fingerprint density at radius 3 is 2.53 bits per heavy atom. The molecule has 0 unspecified atom stereocenters. The second kappa shape index (κ2) is 7.36. The van der Waals surface area contributed by atoms with E-state index < -0.39 is 0 Å². The van der Waals surface area contributed by atoms with Gasteiger partial charge in [0.2, 0.25) is 0 Å². The Morgan fingerprint density at radius 1 is 1.53 bits per heavy atom. The zero-order chi connectivity index (χ0) is 12.2. The summed E-state index contributed by atoms with van der Waals surface area (Å²) >= 11 is 4.83. The number of amides is 1. The normalized spacial score (nSPS) is 10.8. The van der Waals surface area contributed by atoms with Crippen molar-refractivity contribution in [3.05, 3.63) is 20.8 Å². The van der Waals surface area contributed by atoms with Gasteiger partial charge in [-0.2, -0.15) is 0 Å². The van der Waals surface area contributed by atoms with Gasteiger partial charge in [0, 0.05) is 17.5 Å². The molecule has 98 valence electrons. The number of nitrogens with one attached hydrogen (secondary N) is 1. The van der Waals surface area contributed by atoms with E-state index in [0.717, 1.165) is 16.6 Å². The molecule has 0 saturated carbocycles. The number of hydrogen-bond donors (Lipinski definition) is 2. The Balaban J connectivity index is 0.00000256. The molecule has 3 nitrogen and oxygen atoms in total. The average molecular weight is 342 g/mol. The molecule has 1 amide bonds. The quantitative estimate of drug-likeness (QED) is 0.864. The molecule has 3 N–H and O–H groups in total. The second-order valence-corrected chi connectivity index (χ2v) is 6.18. The maximum absolute atomic E-state index is 11.8. The number of rotatable bonds is 5. The molecule has 0 spiro atoms. The maximum atomic E-state index is 11.8. The van der Waals surface area contributed by atoms with E-state index >= 15 is 0 Å². The van der Waals surface area contributed by atoms with Crippen LogP contribution < -0.4 is 11.1 Å². The molecule has 1 aromatic rings. The van der Waals surface area contributed by atoms with Crippen molar-refractivity contribution >= 4 is 45.6 Å². The predicted molar refractivity (Wildman–Crippen MR) is 79.1 cm³/mol. The van der Waals surface area contributed by atoms with E-state index in [2.05, 4.69) is 21.2 Å². The smallest absolute Gasteiger partial charge is 0.252 e. The fraction of sp³-hybridized carbons (Fsp3) is 0.545. The average Bonchev–Trinajstić information content (AvgIpc) is 2.72. The van der Waals surface area contributed by atoms with E-state index in [-0.39, 0.29) is 23.9 Å². The van der Waals surface area contributed by atoms with Crippen LogP contribution in [0.25, 0.3) is 0 Å². The van der Waals surface area contributed by atoms with Gasteiger partial charge < -0.3 is 11.1 Å². The topological polar surface area (TPSA) is 55.1 Å². The van der Waals surface area contributed by atoms with Crippen LogP contribution in [0.5, 0.6) is 0 Å². The molecular weight excluding hydrogens is 324 g/mol. The van der Waals surface area contributed by atoms with Gasteiger partial charge in [0.15, 0.2) is 0 Å². The van der Waals surface area contributed by atoms with Gasteiger partial charge in [-0.1, -0.05) is 13.8 Å². The lowest BCUT2D eigenvalue weighted by Gasteiger charge is -2.26. The van der Waals surface area contributed by atoms with E-state index in [9.17, 15) is 4.79 Å². The first kappa shape index (κ1) is 16.9. The summed E-state index contributed by atoms with van der Waals surface area (Å²) in [6.45, 7) is 4.60. The Hall–Kier alpha value is -0.100. The van der Waals surface area contributed by atoms with Crippen LogP contribution in [0.4, 0.5) is 0 Å². The number of carbonyl (C=O) groups excluding carboxylic acids is 1. The van der Waals surface area contributed by atoms with Crippen molar-refractivity contribution in [1.82, 2.24) is 5.32 Å². The second-order valence-electron chi connectivity index (χ2n) is 3.89. The van der Waals surface area contributed by atoms with Crippen LogP contribution in [0.2, 0.25) is 0 Å². The minimum absolute atomic E-state index is 0. The van der Waals surface area contributed by atoms with Crippen LogP contribution in [0.1, 0.15) is 37.0 Å². The molecular formula is C11H18BrClN2OS. The van der Waals surface area contributed by atoms with E-state index in [0.29, 0.717) is 12.1 Å². The molecule has 0 bridgehead atoms. The number of thiophene rings is 1. The SMILES string of the molecule is CCC(N)(CC)CNC(=O)c1csc(Br)c1.Cl. The number of hydrogen-bond acceptors (Lipinski definition) is 3. The number of halogens is 2. The van der Waals surface area contributed by atoms with E-state index in [4.69, 9.17) is 5.73 Å². The summed E-state index contributed by atoms with van der Waals surface area (Å²) in [4.78, 5) is 11.8. The van der Waals surface area contributed by atoms with Crippen LogP contribution in [0, 0.1) is 0 Å². The highest BCUT2D eigenvalue weighted by molar-refractivity contribution is 9.11. The molecule has 0 radical (unpaired) electrons. The summed E-state index contributed by atoms with van der Waals surface area (Å²) < 4.78 is 0.961. The third-order valence-corrected chi connectivity index (χ3v) is 4.34. The van der Waals surface area contributed by atoms with Crippen molar-refractivity contribution in [3.63, 3.8) is 0 Å². The Bertz CT molecular complexity index is 366. The number of nitrogens with two attached hydrogens (primary N) is 1. The molecule has 0 aliphatic rings. The molecule has 0 aliphatic carbocycles. The van der Waals surface area contributed by atoms with Crippen molar-refractivity contribution < 1.29 is 4.79 Å². The Morgan fingerprint density at radius 2 is 2.12 bits per heavy atom. The molecule has 1 aromatic heterocycles. The van der Waals surface area contributed by atoms with Gasteiger partial charge in [0.05, 0.1) is 9.35 Å². The molecule has 0 saturated heterocycles. The predicted octanol–water partition coefficient (Wildman–Crippen LogP) is 3.18. The third kappa shape index (κ3) is 4.95. The van der Waals surface area contributed by atoms with Crippen molar-refractivity contribution in [1.29, 1.82) is 0 Å². The minimum Gasteiger partial charge on any atom is -0.350 e. The van der Waals surface area contributed by atoms with Gasteiger partial charge in [-0.25, -0.2) is 0 Å². The molecule has 17 heavy (non-hydrogen) atoms. The summed E-state index contributed by atoms with van der Waals surface area (Å²) in [6, 6.07) is 1.82. The first-order chi connectivity index (χ1) is 7.50. The standard InChI is InChI=1S/C11H17BrN2OS.ClH/c1-3-11(13,4-2)7-14-10(15)8-5-9(12)16-6-8;/h5-6H,3-4,7,13H2,1-2H3,(H,14,15);1H. The molecule has 0 aromatic carbocycles. The maximum Gasteiger partial charge on any atom is 0.252 e. The highest BCUT2D eigenvalue weighted by Crippen LogP contribution is 2.20. The van der Waals surface area contributed by atoms with Gasteiger partial charge in [-0.3, -0.25) is 4.79 Å². The van der Waals surface area contributed by atoms with Crippen molar-refractivity contribution in [2.75, 3.05) is 6.54 Å². The summed E-state index contributed by atoms with van der Waals surface area (Å²) in [6.07, 6.45) is 1.72. The van der Waals surface area contributed by atoms with Crippen molar-refractivity contribution in [2.45, 2.75) is 32.2 Å². The molecule has 0 atom stereocenters. The van der Waals surface area contributed by atoms with Crippen LogP contribution in [-0.4, -0.2) is 18.0 Å². The first-order valence-corrected chi connectivity index (χ1v) is 6.99. The van der Waals surface area contributed by atoms with Crippen LogP contribution >= 0.6 is 39.7 Å². The Kier molecular flexibility index (Phi) is 7.32. The van der Waals surface area contributed by atoms with Gasteiger partial charge in [0.25, 0.3) is 5.91 Å². The summed E-state index contributed by atoms with van der Waals surface area (Å²) in [5.41, 5.74) is 6.50. The molecule has 1 rings (SSSR count). The van der Waals surface area contributed by atoms with E-state index in [1.54, 1.807) is 0 Å². The number of carbonyl (C=O) groups is 1. The fourth-order valence-corrected chi connectivity index (χ4v) is 2.42. The fourth-order valence-electron chi connectivity index (χ4n) is 1.29. The Labute approximate surface area is 121 Å². The zero-order valence-corrected chi connectivity index (χ0v) is 13.2. The van der Waals surface area contributed by atoms with Gasteiger partial charge in [-0.05, 0) is 34.8 Å². The zero-order valence-electron chi connectivity index (χ0n) is 9.96. The third-order valence-electron chi connectivity index (χ3n) is 2.84. The summed E-state index contributed by atoms with van der Waals surface area (Å²) in [7, 11) is 0. The molecule has 0 fully saturated rings. The molecule has 6 heteroatoms. The summed E-state index contributed by atoms with van der Waals surface area (Å²) in [5.74, 6) is -0.0568. The molecule has 1 heterocycles. The largest absolute Gasteiger partial charge is 0.350 e. The van der Waals surface area contributed by atoms with Crippen molar-refractivity contribution in [3.8, 4) is 0 Å².